The molecule has 1 amide bonds. The first-order valence-electron chi connectivity index (χ1n) is 16.7. The number of ether oxygens (including phenoxy) is 1. The summed E-state index contributed by atoms with van der Waals surface area (Å²) in [6.07, 6.45) is 17.4. The maximum atomic E-state index is 12.5. The minimum atomic E-state index is -2.97. The van der Waals surface area contributed by atoms with Crippen molar-refractivity contribution in [1.29, 1.82) is 0 Å². The van der Waals surface area contributed by atoms with Gasteiger partial charge in [0.15, 0.2) is 0 Å². The van der Waals surface area contributed by atoms with E-state index in [0.717, 1.165) is 48.9 Å². The summed E-state index contributed by atoms with van der Waals surface area (Å²) >= 11 is 0. The third kappa shape index (κ3) is 6.22. The highest BCUT2D eigenvalue weighted by molar-refractivity contribution is 7.32. The van der Waals surface area contributed by atoms with Crippen LogP contribution in [0.4, 0.5) is 4.79 Å². The minimum absolute atomic E-state index is 0.0271. The van der Waals surface area contributed by atoms with Gasteiger partial charge in [0, 0.05) is 13.0 Å². The average molecular weight is 594 g/mol. The van der Waals surface area contributed by atoms with Gasteiger partial charge in [0.05, 0.1) is 12.7 Å². The van der Waals surface area contributed by atoms with Gasteiger partial charge in [0.1, 0.15) is 6.10 Å². The number of rotatable bonds is 13. The molecule has 41 heavy (non-hydrogen) atoms. The Hall–Kier alpha value is -0.880. The van der Waals surface area contributed by atoms with E-state index in [2.05, 4.69) is 43.6 Å². The van der Waals surface area contributed by atoms with E-state index in [1.54, 1.807) is 5.57 Å². The number of aliphatic hydroxyl groups is 1. The lowest BCUT2D eigenvalue weighted by molar-refractivity contribution is -0.0362. The van der Waals surface area contributed by atoms with Gasteiger partial charge in [-0.25, -0.2) is 4.79 Å². The molecule has 10 atom stereocenters. The summed E-state index contributed by atoms with van der Waals surface area (Å²) in [5.74, 6) is 4.26. The monoisotopic (exact) mass is 593 g/mol. The zero-order valence-corrected chi connectivity index (χ0v) is 27.0. The normalized spacial score (nSPS) is 39.4. The Labute approximate surface area is 248 Å². The number of amides is 1. The number of hydrogen-bond donors (Lipinski definition) is 3. The Balaban J connectivity index is 1.12. The van der Waals surface area contributed by atoms with E-state index in [1.807, 2.05) is 0 Å². The molecule has 8 heteroatoms. The fourth-order valence-electron chi connectivity index (χ4n) is 10.6. The van der Waals surface area contributed by atoms with Crippen molar-refractivity contribution in [1.82, 2.24) is 5.32 Å². The standard InChI is InChI=1S/C33H56NO6P/c1-22(2)6-5-7-23(3)27-10-11-28-29-9-8-24-20-26(12-15-32(24)21-33(29,32)17-16-31(27,28)4)40-30(36)34-18-13-25(35)14-19-39-41(37)38/h8,22-23,25-29,35,41H,5-7,9-21H2,1-4H3,(H,34,36)(H,37,38)/t23-,25?,26+,27-,28+,29+,31-,32-,33-/m1/s1. The van der Waals surface area contributed by atoms with Gasteiger partial charge in [-0.3, -0.25) is 4.57 Å². The van der Waals surface area contributed by atoms with Crippen LogP contribution in [-0.4, -0.2) is 41.5 Å². The van der Waals surface area contributed by atoms with Crippen LogP contribution in [0.1, 0.15) is 118 Å². The molecule has 4 fully saturated rings. The van der Waals surface area contributed by atoms with Crippen LogP contribution in [0.5, 0.6) is 0 Å². The molecule has 5 aliphatic rings. The Bertz CT molecular complexity index is 1000. The molecular weight excluding hydrogens is 537 g/mol. The summed E-state index contributed by atoms with van der Waals surface area (Å²) in [5.41, 5.74) is 2.98. The summed E-state index contributed by atoms with van der Waals surface area (Å²) in [6.45, 7) is 10.3. The second-order valence-corrected chi connectivity index (χ2v) is 15.9. The largest absolute Gasteiger partial charge is 0.446 e. The lowest BCUT2D eigenvalue weighted by Crippen LogP contribution is -2.47. The molecule has 2 unspecified atom stereocenters. The van der Waals surface area contributed by atoms with Crippen LogP contribution in [0.15, 0.2) is 11.6 Å². The predicted octanol–water partition coefficient (Wildman–Crippen LogP) is 7.42. The number of hydrogen-bond acceptors (Lipinski definition) is 5. The highest BCUT2D eigenvalue weighted by atomic mass is 31.1. The number of carbonyl (C=O) groups is 1. The minimum Gasteiger partial charge on any atom is -0.446 e. The van der Waals surface area contributed by atoms with Crippen molar-refractivity contribution < 1.29 is 28.6 Å². The van der Waals surface area contributed by atoms with Gasteiger partial charge >= 0.3 is 14.3 Å². The number of alkyl carbamates (subject to hydrolysis) is 1. The van der Waals surface area contributed by atoms with Gasteiger partial charge in [-0.05, 0) is 110 Å². The first-order valence-corrected chi connectivity index (χ1v) is 17.9. The van der Waals surface area contributed by atoms with Crippen LogP contribution in [0, 0.1) is 45.8 Å². The average Bonchev–Trinajstić information content (AvgIpc) is 3.44. The lowest BCUT2D eigenvalue weighted by Gasteiger charge is -2.54. The van der Waals surface area contributed by atoms with Crippen molar-refractivity contribution in [2.45, 2.75) is 130 Å². The number of aliphatic hydroxyl groups excluding tert-OH is 1. The van der Waals surface area contributed by atoms with Gasteiger partial charge in [0.2, 0.25) is 0 Å². The summed E-state index contributed by atoms with van der Waals surface area (Å²) in [5, 5.41) is 12.7. The van der Waals surface area contributed by atoms with Gasteiger partial charge in [0.25, 0.3) is 0 Å². The van der Waals surface area contributed by atoms with Gasteiger partial charge in [-0.2, -0.15) is 0 Å². The molecule has 0 saturated heterocycles. The molecule has 0 aromatic rings. The number of carbonyl (C=O) groups excluding carboxylic acids is 1. The summed E-state index contributed by atoms with van der Waals surface area (Å²) in [4.78, 5) is 21.2. The van der Waals surface area contributed by atoms with Crippen molar-refractivity contribution in [2.24, 2.45) is 45.8 Å². The predicted molar refractivity (Wildman–Crippen MR) is 162 cm³/mol. The number of nitrogens with one attached hydrogen (secondary N) is 1. The molecule has 0 aromatic heterocycles. The van der Waals surface area contributed by atoms with Crippen LogP contribution in [0.3, 0.4) is 0 Å². The van der Waals surface area contributed by atoms with E-state index in [-0.39, 0.29) is 19.1 Å². The van der Waals surface area contributed by atoms with Crippen LogP contribution >= 0.6 is 8.25 Å². The second-order valence-electron chi connectivity index (χ2n) is 15.1. The maximum absolute atomic E-state index is 12.5. The fourth-order valence-corrected chi connectivity index (χ4v) is 10.9. The van der Waals surface area contributed by atoms with Crippen molar-refractivity contribution in [3.05, 3.63) is 11.6 Å². The van der Waals surface area contributed by atoms with Crippen molar-refractivity contribution >= 4 is 14.3 Å². The first-order chi connectivity index (χ1) is 19.5. The smallest absolute Gasteiger partial charge is 0.407 e. The molecule has 3 N–H and O–H groups in total. The molecule has 0 heterocycles. The molecule has 5 rings (SSSR count). The van der Waals surface area contributed by atoms with Crippen LogP contribution < -0.4 is 5.32 Å². The zero-order chi connectivity index (χ0) is 29.4. The summed E-state index contributed by atoms with van der Waals surface area (Å²) in [7, 11) is -2.97. The van der Waals surface area contributed by atoms with Gasteiger partial charge < -0.3 is 24.6 Å². The molecule has 2 spiro atoms. The van der Waals surface area contributed by atoms with Crippen molar-refractivity contribution in [2.75, 3.05) is 13.2 Å². The van der Waals surface area contributed by atoms with Crippen LogP contribution in [-0.2, 0) is 13.8 Å². The molecule has 0 bridgehead atoms. The molecule has 4 saturated carbocycles. The van der Waals surface area contributed by atoms with Crippen molar-refractivity contribution in [3.63, 3.8) is 0 Å². The Morgan fingerprint density at radius 2 is 1.90 bits per heavy atom. The molecule has 0 aromatic carbocycles. The summed E-state index contributed by atoms with van der Waals surface area (Å²) in [6, 6.07) is 0. The molecular formula is C33H56NO6P. The van der Waals surface area contributed by atoms with E-state index < -0.39 is 20.5 Å². The third-order valence-corrected chi connectivity index (χ3v) is 13.1. The third-order valence-electron chi connectivity index (χ3n) is 12.6. The van der Waals surface area contributed by atoms with Crippen molar-refractivity contribution in [3.8, 4) is 0 Å². The van der Waals surface area contributed by atoms with E-state index in [4.69, 9.17) is 9.63 Å². The SMILES string of the molecule is CC(C)CCC[C@@H](C)[C@H]1CC[C@H]2[C@@H]3CC=C4C[C@@H](OC(=O)NCCC(O)CCO[PH](=O)O)CC[C@@]45C[C@]35CC[C@]12C. The summed E-state index contributed by atoms with van der Waals surface area (Å²) < 4.78 is 21.0. The molecule has 0 radical (unpaired) electrons. The number of fused-ring (bicyclic) bond motifs is 2. The highest BCUT2D eigenvalue weighted by Crippen LogP contribution is 2.84. The lowest BCUT2D eigenvalue weighted by atomic mass is 9.50. The van der Waals surface area contributed by atoms with E-state index in [9.17, 15) is 14.5 Å². The quantitative estimate of drug-likeness (QED) is 0.152. The molecule has 7 nitrogen and oxygen atoms in total. The van der Waals surface area contributed by atoms with Gasteiger partial charge in [-0.1, -0.05) is 58.6 Å². The van der Waals surface area contributed by atoms with E-state index in [0.29, 0.717) is 29.2 Å². The highest BCUT2D eigenvalue weighted by Gasteiger charge is 2.76. The Morgan fingerprint density at radius 3 is 2.66 bits per heavy atom. The number of allylic oxidation sites excluding steroid dienone is 1. The zero-order valence-electron chi connectivity index (χ0n) is 26.0. The maximum Gasteiger partial charge on any atom is 0.407 e. The van der Waals surface area contributed by atoms with Gasteiger partial charge in [-0.15, -0.1) is 0 Å². The second kappa shape index (κ2) is 12.6. The van der Waals surface area contributed by atoms with Crippen LogP contribution in [0.2, 0.25) is 0 Å². The fraction of sp³-hybridized carbons (Fsp3) is 0.909. The van der Waals surface area contributed by atoms with Crippen LogP contribution in [0.25, 0.3) is 0 Å². The Kier molecular flexibility index (Phi) is 9.71. The first kappa shape index (κ1) is 31.5. The topological polar surface area (TPSA) is 105 Å². The molecule has 234 valence electrons. The molecule has 0 aliphatic heterocycles. The Morgan fingerprint density at radius 1 is 1.10 bits per heavy atom. The van der Waals surface area contributed by atoms with E-state index >= 15 is 0 Å². The molecule has 5 aliphatic carbocycles. The van der Waals surface area contributed by atoms with E-state index in [1.165, 1.54) is 57.8 Å².